The topological polar surface area (TPSA) is 181 Å². The highest BCUT2D eigenvalue weighted by atomic mass is 35.5. The van der Waals surface area contributed by atoms with E-state index in [1.165, 1.54) is 0 Å². The first-order valence-corrected chi connectivity index (χ1v) is 21.5. The maximum atomic E-state index is 13.3. The second-order valence-corrected chi connectivity index (χ2v) is 17.8. The zero-order valence-electron chi connectivity index (χ0n) is 33.4. The Labute approximate surface area is 353 Å². The molecule has 1 saturated carbocycles. The Morgan fingerprint density at radius 1 is 0.867 bits per heavy atom. The number of nitrogens with zero attached hydrogens (tertiary/aromatic N) is 7. The highest BCUT2D eigenvalue weighted by Gasteiger charge is 2.46. The van der Waals surface area contributed by atoms with Gasteiger partial charge in [-0.05, 0) is 112 Å². The lowest BCUT2D eigenvalue weighted by atomic mass is 9.71. The highest BCUT2D eigenvalue weighted by Crippen LogP contribution is 2.42. The Morgan fingerprint density at radius 2 is 1.62 bits per heavy atom. The number of anilines is 2. The van der Waals surface area contributed by atoms with Crippen molar-refractivity contribution in [3.8, 4) is 11.8 Å². The number of hydrogen-bond acceptors (Lipinski definition) is 12. The molecule has 5 amide bonds. The van der Waals surface area contributed by atoms with E-state index in [0.717, 1.165) is 114 Å². The fourth-order valence-corrected chi connectivity index (χ4v) is 10.2. The van der Waals surface area contributed by atoms with Gasteiger partial charge in [-0.2, -0.15) is 5.26 Å². The van der Waals surface area contributed by atoms with Crippen molar-refractivity contribution >= 4 is 52.6 Å². The maximum absolute atomic E-state index is 13.3. The number of benzene rings is 2. The molecular formula is C44H48ClN9O6. The first kappa shape index (κ1) is 39.8. The van der Waals surface area contributed by atoms with Crippen molar-refractivity contribution in [2.24, 2.45) is 11.3 Å². The van der Waals surface area contributed by atoms with Gasteiger partial charge in [-0.25, -0.2) is 0 Å². The van der Waals surface area contributed by atoms with Gasteiger partial charge in [-0.15, -0.1) is 10.2 Å². The van der Waals surface area contributed by atoms with Crippen LogP contribution in [-0.4, -0.2) is 114 Å². The van der Waals surface area contributed by atoms with Crippen LogP contribution >= 0.6 is 11.6 Å². The summed E-state index contributed by atoms with van der Waals surface area (Å²) in [4.78, 5) is 71.7. The van der Waals surface area contributed by atoms with E-state index in [2.05, 4.69) is 41.6 Å². The quantitative estimate of drug-likeness (QED) is 0.292. The molecule has 3 aromatic rings. The molecule has 1 unspecified atom stereocenters. The van der Waals surface area contributed by atoms with Gasteiger partial charge in [0.25, 0.3) is 17.7 Å². The Balaban J connectivity index is 0.683. The average molecular weight is 834 g/mol. The van der Waals surface area contributed by atoms with Gasteiger partial charge >= 0.3 is 0 Å². The summed E-state index contributed by atoms with van der Waals surface area (Å²) in [5.74, 6) is -0.125. The van der Waals surface area contributed by atoms with E-state index in [1.807, 2.05) is 12.1 Å². The number of ether oxygens (including phenoxy) is 1. The van der Waals surface area contributed by atoms with Crippen molar-refractivity contribution in [1.82, 2.24) is 30.6 Å². The SMILES string of the molecule is N#Cc1ccc(O[C@H]2CC[C@H](NC(=O)c3ccc(N4CCC5(CC4)CN(CC4CCN(c6ccc7c(c6)C(=O)N(C6CCC(=O)NC6=O)C7=O)CC4)C5)nn3)CC2)cc1Cl. The van der Waals surface area contributed by atoms with E-state index in [0.29, 0.717) is 44.5 Å². The fourth-order valence-electron chi connectivity index (χ4n) is 10.0. The van der Waals surface area contributed by atoms with E-state index in [9.17, 15) is 24.0 Å². The van der Waals surface area contributed by atoms with Crippen molar-refractivity contribution in [3.63, 3.8) is 0 Å². The standard InChI is InChI=1S/C44H48ClN9O6/c45-35-22-32(5-1-28(35)23-46)60-31-6-2-29(3-7-31)47-40(56)36-9-11-38(50-49-36)53-19-15-44(16-20-53)25-51(26-44)24-27-13-17-52(18-14-27)30-4-8-33-34(21-30)43(59)54(42(33)58)37-10-12-39(55)48-41(37)57/h1,4-5,8-9,11,21-22,27,29,31,37H,2-3,6-7,10,12-20,24-26H2,(H,47,56)(H,48,55,57)/t29-,31-,37?. The van der Waals surface area contributed by atoms with E-state index in [4.69, 9.17) is 21.6 Å². The zero-order chi connectivity index (χ0) is 41.5. The Kier molecular flexibility index (Phi) is 10.9. The van der Waals surface area contributed by atoms with Crippen molar-refractivity contribution in [1.29, 1.82) is 5.26 Å². The number of aromatic nitrogens is 2. The van der Waals surface area contributed by atoms with Crippen LogP contribution in [0.5, 0.6) is 5.75 Å². The molecule has 1 atom stereocenters. The second kappa shape index (κ2) is 16.5. The van der Waals surface area contributed by atoms with E-state index in [-0.39, 0.29) is 36.8 Å². The molecule has 312 valence electrons. The number of imide groups is 2. The highest BCUT2D eigenvalue weighted by molar-refractivity contribution is 6.31. The van der Waals surface area contributed by atoms with E-state index < -0.39 is 23.8 Å². The van der Waals surface area contributed by atoms with Gasteiger partial charge in [-0.3, -0.25) is 34.2 Å². The van der Waals surface area contributed by atoms with Gasteiger partial charge in [0.15, 0.2) is 11.5 Å². The van der Waals surface area contributed by atoms with Crippen LogP contribution in [-0.2, 0) is 9.59 Å². The molecular weight excluding hydrogens is 786 g/mol. The lowest BCUT2D eigenvalue weighted by Crippen LogP contribution is -2.61. The van der Waals surface area contributed by atoms with Crippen molar-refractivity contribution in [2.75, 3.05) is 55.6 Å². The number of rotatable bonds is 9. The molecule has 6 aliphatic rings. The molecule has 60 heavy (non-hydrogen) atoms. The molecule has 2 aromatic carbocycles. The van der Waals surface area contributed by atoms with Crippen LogP contribution in [0.1, 0.15) is 101 Å². The molecule has 15 nitrogen and oxygen atoms in total. The molecule has 0 bridgehead atoms. The number of halogens is 1. The van der Waals surface area contributed by atoms with Gasteiger partial charge in [0.2, 0.25) is 11.8 Å². The summed E-state index contributed by atoms with van der Waals surface area (Å²) in [6.45, 7) is 6.84. The normalized spacial score (nSPS) is 24.5. The molecule has 4 saturated heterocycles. The third-order valence-electron chi connectivity index (χ3n) is 13.4. The van der Waals surface area contributed by atoms with Crippen LogP contribution in [0.25, 0.3) is 0 Å². The summed E-state index contributed by atoms with van der Waals surface area (Å²) < 4.78 is 6.09. The number of piperidine rings is 3. The van der Waals surface area contributed by atoms with Crippen LogP contribution in [0.4, 0.5) is 11.5 Å². The largest absolute Gasteiger partial charge is 0.490 e. The van der Waals surface area contributed by atoms with Gasteiger partial charge in [0, 0.05) is 70.0 Å². The molecule has 1 spiro atoms. The zero-order valence-corrected chi connectivity index (χ0v) is 34.2. The molecule has 9 rings (SSSR count). The predicted octanol–water partition coefficient (Wildman–Crippen LogP) is 4.34. The van der Waals surface area contributed by atoms with Gasteiger partial charge in [0.05, 0.1) is 27.8 Å². The third kappa shape index (κ3) is 8.02. The monoisotopic (exact) mass is 833 g/mol. The predicted molar refractivity (Wildman–Crippen MR) is 221 cm³/mol. The summed E-state index contributed by atoms with van der Waals surface area (Å²) in [5.41, 5.74) is 2.60. The fraction of sp³-hybridized carbons (Fsp3) is 0.500. The Morgan fingerprint density at radius 3 is 2.30 bits per heavy atom. The average Bonchev–Trinajstić information content (AvgIpc) is 3.49. The summed E-state index contributed by atoms with van der Waals surface area (Å²) in [6.07, 6.45) is 7.72. The minimum atomic E-state index is -0.967. The first-order valence-electron chi connectivity index (χ1n) is 21.1. The lowest BCUT2D eigenvalue weighted by Gasteiger charge is -2.55. The summed E-state index contributed by atoms with van der Waals surface area (Å²) in [5, 5.41) is 23.6. The van der Waals surface area contributed by atoms with Crippen LogP contribution < -0.4 is 25.2 Å². The molecule has 16 heteroatoms. The third-order valence-corrected chi connectivity index (χ3v) is 13.8. The van der Waals surface area contributed by atoms with Crippen LogP contribution in [0, 0.1) is 22.7 Å². The van der Waals surface area contributed by atoms with Crippen LogP contribution in [0.15, 0.2) is 48.5 Å². The summed E-state index contributed by atoms with van der Waals surface area (Å²) >= 11 is 6.15. The van der Waals surface area contributed by atoms with Gasteiger partial charge < -0.3 is 24.8 Å². The number of nitriles is 1. The Hall–Kier alpha value is -5.59. The number of amides is 5. The molecule has 2 N–H and O–H groups in total. The molecule has 6 heterocycles. The van der Waals surface area contributed by atoms with Crippen molar-refractivity contribution in [2.45, 2.75) is 82.4 Å². The van der Waals surface area contributed by atoms with Gasteiger partial charge in [-0.1, -0.05) is 11.6 Å². The Bertz CT molecular complexity index is 2230. The second-order valence-electron chi connectivity index (χ2n) is 17.4. The minimum absolute atomic E-state index is 0.0246. The lowest BCUT2D eigenvalue weighted by molar-refractivity contribution is -0.136. The smallest absolute Gasteiger partial charge is 0.272 e. The number of carbonyl (C=O) groups is 5. The summed E-state index contributed by atoms with van der Waals surface area (Å²) in [7, 11) is 0. The molecule has 1 aromatic heterocycles. The number of nitrogens with one attached hydrogen (secondary N) is 2. The van der Waals surface area contributed by atoms with E-state index >= 15 is 0 Å². The molecule has 1 aliphatic carbocycles. The maximum Gasteiger partial charge on any atom is 0.272 e. The number of carbonyl (C=O) groups excluding carboxylic acids is 5. The minimum Gasteiger partial charge on any atom is -0.490 e. The van der Waals surface area contributed by atoms with Gasteiger partial charge in [0.1, 0.15) is 17.9 Å². The first-order chi connectivity index (χ1) is 29.0. The van der Waals surface area contributed by atoms with E-state index in [1.54, 1.807) is 36.4 Å². The summed E-state index contributed by atoms with van der Waals surface area (Å²) in [6, 6.07) is 15.3. The van der Waals surface area contributed by atoms with Crippen LogP contribution in [0.3, 0.4) is 0 Å². The van der Waals surface area contributed by atoms with Crippen molar-refractivity contribution < 1.29 is 28.7 Å². The van der Waals surface area contributed by atoms with Crippen LogP contribution in [0.2, 0.25) is 5.02 Å². The molecule has 5 aliphatic heterocycles. The van der Waals surface area contributed by atoms with Crippen molar-refractivity contribution in [3.05, 3.63) is 75.9 Å². The molecule has 0 radical (unpaired) electrons. The molecule has 5 fully saturated rings. The number of hydrogen-bond donors (Lipinski definition) is 2. The number of fused-ring (bicyclic) bond motifs is 1. The number of likely N-dealkylation sites (tertiary alicyclic amines) is 1.